The van der Waals surface area contributed by atoms with E-state index in [0.717, 1.165) is 30.6 Å². The Morgan fingerprint density at radius 2 is 2.12 bits per heavy atom. The quantitative estimate of drug-likeness (QED) is 0.566. The van der Waals surface area contributed by atoms with E-state index in [9.17, 15) is 19.7 Å². The molecule has 3 N–H and O–H groups in total. The number of carbonyl (C=O) groups is 2. The van der Waals surface area contributed by atoms with E-state index in [2.05, 4.69) is 5.32 Å². The van der Waals surface area contributed by atoms with Crippen molar-refractivity contribution in [3.8, 4) is 0 Å². The highest BCUT2D eigenvalue weighted by Gasteiger charge is 2.38. The number of thiophene rings is 1. The van der Waals surface area contributed by atoms with E-state index in [1.54, 1.807) is 0 Å². The lowest BCUT2D eigenvalue weighted by Crippen LogP contribution is -2.51. The molecule has 10 heteroatoms. The lowest BCUT2D eigenvalue weighted by Gasteiger charge is -2.25. The Morgan fingerprint density at radius 3 is 2.68 bits per heavy atom. The monoisotopic (exact) mass is 388 g/mol. The van der Waals surface area contributed by atoms with Crippen LogP contribution in [0.3, 0.4) is 0 Å². The maximum absolute atomic E-state index is 12.6. The van der Waals surface area contributed by atoms with Crippen LogP contribution in [0.1, 0.15) is 35.4 Å². The topological polar surface area (TPSA) is 119 Å². The van der Waals surface area contributed by atoms with Crippen LogP contribution in [0.4, 0.5) is 5.00 Å². The molecule has 2 amide bonds. The zero-order valence-corrected chi connectivity index (χ0v) is 15.2. The van der Waals surface area contributed by atoms with Gasteiger partial charge < -0.3 is 16.0 Å². The van der Waals surface area contributed by atoms with Crippen LogP contribution in [-0.2, 0) is 4.79 Å². The Morgan fingerprint density at radius 1 is 1.40 bits per heavy atom. The minimum atomic E-state index is -0.522. The van der Waals surface area contributed by atoms with Gasteiger partial charge in [0, 0.05) is 25.2 Å². The standard InChI is InChI=1S/C15H20N4O4S.ClH/c16-8-10(9-3-4-9)17-14(20)11-2-1-7-18(11)15(21)12-5-6-13(24-12)19(22)23;/h5-6,9-11H,1-4,7-8,16H2,(H,17,20);1H. The molecule has 1 aromatic heterocycles. The first-order chi connectivity index (χ1) is 11.5. The summed E-state index contributed by atoms with van der Waals surface area (Å²) in [5.41, 5.74) is 5.72. The van der Waals surface area contributed by atoms with Gasteiger partial charge in [0.2, 0.25) is 5.91 Å². The van der Waals surface area contributed by atoms with Crippen molar-refractivity contribution in [3.63, 3.8) is 0 Å². The van der Waals surface area contributed by atoms with Crippen LogP contribution < -0.4 is 11.1 Å². The lowest BCUT2D eigenvalue weighted by atomic mass is 10.1. The first-order valence-electron chi connectivity index (χ1n) is 8.07. The number of amides is 2. The second kappa shape index (κ2) is 8.11. The molecule has 0 radical (unpaired) electrons. The molecule has 3 rings (SSSR count). The molecule has 0 spiro atoms. The van der Waals surface area contributed by atoms with Crippen LogP contribution in [0, 0.1) is 16.0 Å². The van der Waals surface area contributed by atoms with Crippen molar-refractivity contribution in [2.75, 3.05) is 13.1 Å². The summed E-state index contributed by atoms with van der Waals surface area (Å²) in [6, 6.07) is 2.22. The Bertz CT molecular complexity index is 664. The van der Waals surface area contributed by atoms with Gasteiger partial charge in [-0.1, -0.05) is 11.3 Å². The summed E-state index contributed by atoms with van der Waals surface area (Å²) in [4.78, 5) is 37.2. The molecule has 0 bridgehead atoms. The molecule has 25 heavy (non-hydrogen) atoms. The number of rotatable bonds is 6. The number of nitro groups is 1. The van der Waals surface area contributed by atoms with Crippen molar-refractivity contribution >= 4 is 40.6 Å². The Kier molecular flexibility index (Phi) is 6.36. The fourth-order valence-electron chi connectivity index (χ4n) is 3.11. The molecule has 1 aliphatic heterocycles. The third-order valence-corrected chi connectivity index (χ3v) is 5.60. The van der Waals surface area contributed by atoms with Gasteiger partial charge in [-0.05, 0) is 37.7 Å². The number of halogens is 1. The van der Waals surface area contributed by atoms with E-state index in [1.807, 2.05) is 0 Å². The molecule has 1 saturated carbocycles. The van der Waals surface area contributed by atoms with Gasteiger partial charge >= 0.3 is 5.00 Å². The van der Waals surface area contributed by atoms with E-state index in [-0.39, 0.29) is 35.3 Å². The molecule has 1 saturated heterocycles. The smallest absolute Gasteiger partial charge is 0.324 e. The van der Waals surface area contributed by atoms with E-state index in [4.69, 9.17) is 5.73 Å². The van der Waals surface area contributed by atoms with Crippen LogP contribution in [0.25, 0.3) is 0 Å². The molecule has 2 unspecified atom stereocenters. The average Bonchev–Trinajstić information content (AvgIpc) is 3.10. The number of carbonyl (C=O) groups excluding carboxylic acids is 2. The summed E-state index contributed by atoms with van der Waals surface area (Å²) in [7, 11) is 0. The van der Waals surface area contributed by atoms with Crippen molar-refractivity contribution in [1.29, 1.82) is 0 Å². The van der Waals surface area contributed by atoms with Crippen LogP contribution in [0.15, 0.2) is 12.1 Å². The summed E-state index contributed by atoms with van der Waals surface area (Å²) in [6.07, 6.45) is 3.50. The molecule has 0 aromatic carbocycles. The van der Waals surface area contributed by atoms with Gasteiger partial charge in [0.1, 0.15) is 6.04 Å². The van der Waals surface area contributed by atoms with E-state index in [1.165, 1.54) is 17.0 Å². The summed E-state index contributed by atoms with van der Waals surface area (Å²) >= 11 is 0.841. The van der Waals surface area contributed by atoms with Crippen molar-refractivity contribution in [2.45, 2.75) is 37.8 Å². The second-order valence-electron chi connectivity index (χ2n) is 6.24. The Balaban J connectivity index is 0.00000225. The zero-order chi connectivity index (χ0) is 17.3. The predicted octanol–water partition coefficient (Wildman–Crippen LogP) is 1.54. The maximum Gasteiger partial charge on any atom is 0.324 e. The summed E-state index contributed by atoms with van der Waals surface area (Å²) in [6.45, 7) is 0.882. The van der Waals surface area contributed by atoms with Crippen LogP contribution in [0.5, 0.6) is 0 Å². The third kappa shape index (κ3) is 4.28. The molecule has 2 fully saturated rings. The van der Waals surface area contributed by atoms with Crippen LogP contribution in [0.2, 0.25) is 0 Å². The fraction of sp³-hybridized carbons (Fsp3) is 0.600. The summed E-state index contributed by atoms with van der Waals surface area (Å²) in [5, 5.41) is 13.7. The molecular formula is C15H21ClN4O4S. The number of nitrogens with one attached hydrogen (secondary N) is 1. The van der Waals surface area contributed by atoms with Gasteiger partial charge in [-0.2, -0.15) is 0 Å². The molecule has 2 atom stereocenters. The number of hydrogen-bond donors (Lipinski definition) is 2. The summed E-state index contributed by atoms with van der Waals surface area (Å²) < 4.78 is 0. The van der Waals surface area contributed by atoms with Gasteiger partial charge in [-0.15, -0.1) is 12.4 Å². The molecule has 1 aromatic rings. The molecule has 2 aliphatic rings. The largest absolute Gasteiger partial charge is 0.350 e. The third-order valence-electron chi connectivity index (χ3n) is 4.57. The predicted molar refractivity (Wildman–Crippen MR) is 96.0 cm³/mol. The molecule has 138 valence electrons. The van der Waals surface area contributed by atoms with Crippen molar-refractivity contribution in [2.24, 2.45) is 11.7 Å². The second-order valence-corrected chi connectivity index (χ2v) is 7.30. The highest BCUT2D eigenvalue weighted by atomic mass is 35.5. The normalized spacial score (nSPS) is 20.7. The van der Waals surface area contributed by atoms with Gasteiger partial charge in [-0.3, -0.25) is 19.7 Å². The molecule has 2 heterocycles. The highest BCUT2D eigenvalue weighted by Crippen LogP contribution is 2.33. The first kappa shape index (κ1) is 19.6. The Hall–Kier alpha value is -1.71. The SMILES string of the molecule is Cl.NCC(NC(=O)C1CCCN1C(=O)c1ccc([N+](=O)[O-])s1)C1CC1. The molecule has 8 nitrogen and oxygen atoms in total. The zero-order valence-electron chi connectivity index (χ0n) is 13.6. The van der Waals surface area contributed by atoms with E-state index in [0.29, 0.717) is 30.3 Å². The fourth-order valence-corrected chi connectivity index (χ4v) is 3.89. The minimum Gasteiger partial charge on any atom is -0.350 e. The van der Waals surface area contributed by atoms with E-state index >= 15 is 0 Å². The van der Waals surface area contributed by atoms with Gasteiger partial charge in [0.25, 0.3) is 5.91 Å². The van der Waals surface area contributed by atoms with Crippen molar-refractivity contribution < 1.29 is 14.5 Å². The Labute approximate surface area is 155 Å². The summed E-state index contributed by atoms with van der Waals surface area (Å²) in [5.74, 6) is -0.0415. The number of nitrogens with zero attached hydrogens (tertiary/aromatic N) is 2. The average molecular weight is 389 g/mol. The van der Waals surface area contributed by atoms with E-state index < -0.39 is 11.0 Å². The lowest BCUT2D eigenvalue weighted by molar-refractivity contribution is -0.380. The van der Waals surface area contributed by atoms with Crippen molar-refractivity contribution in [3.05, 3.63) is 27.1 Å². The molecular weight excluding hydrogens is 368 g/mol. The van der Waals surface area contributed by atoms with Gasteiger partial charge in [0.05, 0.1) is 9.80 Å². The maximum atomic E-state index is 12.6. The number of likely N-dealkylation sites (tertiary alicyclic amines) is 1. The minimum absolute atomic E-state index is 0. The molecule has 1 aliphatic carbocycles. The number of hydrogen-bond acceptors (Lipinski definition) is 6. The first-order valence-corrected chi connectivity index (χ1v) is 8.88. The van der Waals surface area contributed by atoms with Crippen molar-refractivity contribution in [1.82, 2.24) is 10.2 Å². The van der Waals surface area contributed by atoms with Gasteiger partial charge in [0.15, 0.2) is 0 Å². The van der Waals surface area contributed by atoms with Crippen LogP contribution >= 0.6 is 23.7 Å². The van der Waals surface area contributed by atoms with Gasteiger partial charge in [-0.25, -0.2) is 0 Å². The highest BCUT2D eigenvalue weighted by molar-refractivity contribution is 7.17. The van der Waals surface area contributed by atoms with Crippen LogP contribution in [-0.4, -0.2) is 46.8 Å². The number of nitrogens with two attached hydrogens (primary N) is 1.